The normalized spacial score (nSPS) is 15.5. The van der Waals surface area contributed by atoms with E-state index < -0.39 is 11.7 Å². The van der Waals surface area contributed by atoms with E-state index in [0.717, 1.165) is 193 Å². The molecule has 0 atom stereocenters. The molecule has 0 bridgehead atoms. The van der Waals surface area contributed by atoms with Crippen molar-refractivity contribution in [3.63, 3.8) is 0 Å². The third-order valence-corrected chi connectivity index (χ3v) is 24.0. The van der Waals surface area contributed by atoms with E-state index in [1.54, 1.807) is 32.0 Å². The number of hydrogen-bond acceptors (Lipinski definition) is 14. The van der Waals surface area contributed by atoms with Crippen molar-refractivity contribution in [1.82, 2.24) is 54.7 Å². The van der Waals surface area contributed by atoms with Gasteiger partial charge in [0.1, 0.15) is 51.6 Å². The highest BCUT2D eigenvalue weighted by atomic mass is 35.5. The van der Waals surface area contributed by atoms with Crippen molar-refractivity contribution in [1.29, 1.82) is 0 Å². The van der Waals surface area contributed by atoms with Crippen LogP contribution in [0.2, 0.25) is 5.02 Å². The third kappa shape index (κ3) is 22.8. The lowest BCUT2D eigenvalue weighted by atomic mass is 10.1. The zero-order valence-corrected chi connectivity index (χ0v) is 84.0. The number of carbonyl (C=O) groups is 2. The molecule has 5 aromatic carbocycles. The maximum absolute atomic E-state index is 13.5. The number of methoxy groups -OCH3 is 3. The number of carbonyl (C=O) groups excluding carboxylic acids is 2. The van der Waals surface area contributed by atoms with Crippen molar-refractivity contribution in [3.05, 3.63) is 374 Å². The smallest absolute Gasteiger partial charge is 0.419 e. The van der Waals surface area contributed by atoms with Crippen LogP contribution in [0.25, 0.3) is 87.4 Å². The number of nitrogens with zero attached hydrogens (tertiary/aromatic N) is 6. The first-order chi connectivity index (χ1) is 67.5. The molecule has 142 heavy (non-hydrogen) atoms. The van der Waals surface area contributed by atoms with Gasteiger partial charge in [0.15, 0.2) is 0 Å². The first-order valence-electron chi connectivity index (χ1n) is 46.9. The molecule has 20 rings (SSSR count). The number of aliphatic imine (C=N–C) groups is 1. The number of halogens is 2. The Morgan fingerprint density at radius 1 is 0.486 bits per heavy atom. The lowest BCUT2D eigenvalue weighted by molar-refractivity contribution is -0.115. The number of H-pyrrole nitrogens is 9. The fourth-order valence-electron chi connectivity index (χ4n) is 17.4. The van der Waals surface area contributed by atoms with Crippen LogP contribution in [-0.2, 0) is 14.3 Å². The second-order valence-electron chi connectivity index (χ2n) is 37.0. The summed E-state index contributed by atoms with van der Waals surface area (Å²) in [6, 6.07) is 54.2. The van der Waals surface area contributed by atoms with E-state index in [9.17, 15) is 14.0 Å². The molecular weight excluding hydrogens is 1800 g/mol. The number of rotatable bonds is 17. The van der Waals surface area contributed by atoms with E-state index in [2.05, 4.69) is 151 Å². The zero-order chi connectivity index (χ0) is 100. The number of para-hydroxylation sites is 3. The predicted octanol–water partition coefficient (Wildman–Crippen LogP) is 12.1. The standard InChI is InChI=1S/C25H27N3O3.C24H26N4O3.C22H22ClN3O.C22H22FN3O.C21H21N3O.CH4/c1-15-11-16(2)26-18(15)13-20-23(30-6)14-19(27-20)22-12-17-9-7-8-10-21(17)28(22)24(29)31-25(3,4)5;1-14-11-15(2)26-18(14)12-19-21(31-3)13-20(27-19)23-22(24(30)25-9-6-10-29)16-7-4-5-8-17(16)28-23;2*1-12(2)27-22-11-20(19-8-15-5-6-16(23)9-18(15)25-19)26-21(22)10-17-13(3)7-14(4)24-17;1-12-9-13(2)22-20(12)14(3)21-19(25-4)11-18(24-21)17-10-15-7-5-6-8-16(15)23-17;/h7-14,26H,1-6H3;4-5,7-8,11-13,26-27,29H,6,9-10H2,1-3H3,(H,25,30);2*5-12,24,26H,1-4H3;5-11,22,24H,1-4H3;1H4/b20-13-;19-12-,23-20?;2*20-19?,21-10-;18-17?,21-14+;. The minimum absolute atomic E-state index is 0. The van der Waals surface area contributed by atoms with Gasteiger partial charge in [0.05, 0.1) is 137 Å². The molecule has 730 valence electrons. The van der Waals surface area contributed by atoms with E-state index >= 15 is 0 Å². The van der Waals surface area contributed by atoms with Crippen LogP contribution in [0.1, 0.15) is 160 Å². The van der Waals surface area contributed by atoms with E-state index in [0.29, 0.717) is 68.6 Å². The molecule has 0 saturated heterocycles. The van der Waals surface area contributed by atoms with Crippen molar-refractivity contribution in [2.24, 2.45) is 25.0 Å². The number of aromatic amines is 9. The first kappa shape index (κ1) is 101. The Labute approximate surface area is 826 Å². The molecule has 5 aliphatic rings. The van der Waals surface area contributed by atoms with E-state index in [1.165, 1.54) is 28.8 Å². The van der Waals surface area contributed by atoms with Crippen molar-refractivity contribution >= 4 is 117 Å². The Morgan fingerprint density at radius 2 is 0.958 bits per heavy atom. The largest absolute Gasteiger partial charge is 0.494 e. The van der Waals surface area contributed by atoms with Crippen LogP contribution in [0.4, 0.5) is 9.18 Å². The second-order valence-corrected chi connectivity index (χ2v) is 37.5. The summed E-state index contributed by atoms with van der Waals surface area (Å²) in [5.74, 6) is 3.22. The van der Waals surface area contributed by atoms with Gasteiger partial charge in [-0.25, -0.2) is 38.7 Å². The van der Waals surface area contributed by atoms with Crippen LogP contribution in [0, 0.1) is 75.1 Å². The van der Waals surface area contributed by atoms with E-state index in [4.69, 9.17) is 65.1 Å². The number of benzene rings is 5. The molecule has 1 amide bonds. The Hall–Kier alpha value is -15.9. The molecule has 0 saturated carbocycles. The number of amides is 1. The topological polar surface area (TPSA) is 331 Å². The molecule has 15 aromatic rings. The van der Waals surface area contributed by atoms with Crippen LogP contribution in [-0.4, -0.2) is 125 Å². The highest BCUT2D eigenvalue weighted by Crippen LogP contribution is 2.31. The number of aryl methyl sites for hydroxylation is 10. The molecule has 5 aliphatic heterocycles. The molecule has 25 nitrogen and oxygen atoms in total. The molecule has 0 radical (unpaired) electrons. The molecular formula is C115H122ClFN16O9. The van der Waals surface area contributed by atoms with Gasteiger partial charge in [0, 0.05) is 143 Å². The van der Waals surface area contributed by atoms with Crippen LogP contribution < -0.4 is 109 Å². The molecule has 0 unspecified atom stereocenters. The minimum Gasteiger partial charge on any atom is -0.494 e. The summed E-state index contributed by atoms with van der Waals surface area (Å²) >= 11 is 6.09. The van der Waals surface area contributed by atoms with Crippen molar-refractivity contribution in [2.45, 2.75) is 156 Å². The monoisotopic (exact) mass is 1920 g/mol. The zero-order valence-electron chi connectivity index (χ0n) is 83.2. The number of fused-ring (bicyclic) bond motifs is 5. The van der Waals surface area contributed by atoms with Gasteiger partial charge in [0.25, 0.3) is 5.91 Å². The predicted molar refractivity (Wildman–Crippen MR) is 564 cm³/mol. The Morgan fingerprint density at radius 3 is 1.48 bits per heavy atom. The van der Waals surface area contributed by atoms with Crippen LogP contribution in [0.3, 0.4) is 0 Å². The summed E-state index contributed by atoms with van der Waals surface area (Å²) in [6.07, 6.45) is 16.2. The number of aliphatic hydroxyl groups is 1. The van der Waals surface area contributed by atoms with Crippen LogP contribution >= 0.6 is 11.6 Å². The highest BCUT2D eigenvalue weighted by Gasteiger charge is 2.29. The Balaban J connectivity index is 0.000000134. The molecule has 0 aliphatic carbocycles. The average Bonchev–Trinajstić information content (AvgIpc) is 1.61. The quantitative estimate of drug-likeness (QED) is 0.0386. The van der Waals surface area contributed by atoms with Gasteiger partial charge in [0.2, 0.25) is 0 Å². The molecule has 11 N–H and O–H groups in total. The number of hydrogen-bond donors (Lipinski definition) is 11. The summed E-state index contributed by atoms with van der Waals surface area (Å²) in [7, 11) is 4.94. The average molecular weight is 1930 g/mol. The lowest BCUT2D eigenvalue weighted by Crippen LogP contribution is -2.32. The van der Waals surface area contributed by atoms with Crippen molar-refractivity contribution < 1.29 is 47.5 Å². The van der Waals surface area contributed by atoms with Crippen molar-refractivity contribution in [3.8, 4) is 23.0 Å². The first-order valence-corrected chi connectivity index (χ1v) is 47.3. The minimum atomic E-state index is -0.612. The van der Waals surface area contributed by atoms with Gasteiger partial charge in [-0.15, -0.1) is 0 Å². The summed E-state index contributed by atoms with van der Waals surface area (Å²) in [6.45, 7) is 36.7. The molecule has 27 heteroatoms. The molecule has 15 heterocycles. The second kappa shape index (κ2) is 42.8. The number of aromatic nitrogens is 10. The fraction of sp³-hybridized carbons (Fsp3) is 0.243. The molecule has 0 fully saturated rings. The van der Waals surface area contributed by atoms with Gasteiger partial charge in [-0.05, 0) is 280 Å². The van der Waals surface area contributed by atoms with E-state index in [1.807, 2.05) is 229 Å². The van der Waals surface area contributed by atoms with Gasteiger partial charge >= 0.3 is 6.09 Å². The van der Waals surface area contributed by atoms with Crippen LogP contribution in [0.5, 0.6) is 23.0 Å². The van der Waals surface area contributed by atoms with Gasteiger partial charge in [-0.2, -0.15) is 0 Å². The van der Waals surface area contributed by atoms with Gasteiger partial charge in [-0.3, -0.25) is 4.79 Å². The van der Waals surface area contributed by atoms with Gasteiger partial charge < -0.3 is 83.7 Å². The number of allylic oxidation sites excluding steroid dienone is 1. The number of ether oxygens (including phenoxy) is 6. The highest BCUT2D eigenvalue weighted by molar-refractivity contribution is 6.30. The SMILES string of the molecule is C.COC1=CC(c2cc3ccccc3n2C(=O)OC(C)(C)C)=N/C1=C\c1[nH]c(C)cc1C.COc1cc(=C2C=c3ccccc3=N2)[nH]/c1=C(\C)c1[nH]c(C)cc1C.COc1cc(=C2N=c3ccccc3=C2C(=O)NCCCO)[nH]/c1=C\c1[nH]c(C)cc1C.Cc1cc(C)c(/C=c2\[nH]c(=C3C=c4ccc(Cl)cc4=N3)cc2OC(C)C)[nH]1.Cc1cc(C)c(/C=c2\[nH]c(=C3C=c4ccc(F)cc4=N3)cc2OC(C)C)[nH]1. The van der Waals surface area contributed by atoms with Crippen molar-refractivity contribution in [2.75, 3.05) is 34.5 Å². The number of nitrogens with one attached hydrogen (secondary N) is 10. The van der Waals surface area contributed by atoms with Gasteiger partial charge in [-0.1, -0.05) is 79.7 Å². The third-order valence-electron chi connectivity index (χ3n) is 23.8. The fourth-order valence-corrected chi connectivity index (χ4v) is 17.6. The summed E-state index contributed by atoms with van der Waals surface area (Å²) in [5, 5.41) is 27.7. The summed E-state index contributed by atoms with van der Waals surface area (Å²) < 4.78 is 49.6. The summed E-state index contributed by atoms with van der Waals surface area (Å²) in [5.41, 5.74) is 23.6. The number of aliphatic hydroxyl groups excluding tert-OH is 1. The lowest BCUT2D eigenvalue weighted by Gasteiger charge is -2.20. The maximum Gasteiger partial charge on any atom is 0.419 e. The molecule has 0 spiro atoms. The maximum atomic E-state index is 13.5. The summed E-state index contributed by atoms with van der Waals surface area (Å²) in [4.78, 5) is 80.2. The Bertz CT molecular complexity index is 8480. The Kier molecular flexibility index (Phi) is 30.3. The van der Waals surface area contributed by atoms with E-state index in [-0.39, 0.29) is 38.0 Å². The molecule has 10 aromatic heterocycles. The van der Waals surface area contributed by atoms with Crippen LogP contribution in [0.15, 0.2) is 212 Å².